The predicted molar refractivity (Wildman–Crippen MR) is 53.2 cm³/mol. The molecule has 0 aromatic rings. The lowest BCUT2D eigenvalue weighted by atomic mass is 9.92. The Balaban J connectivity index is 2.08. The summed E-state index contributed by atoms with van der Waals surface area (Å²) in [6, 6.07) is 0.240. The van der Waals surface area contributed by atoms with Crippen molar-refractivity contribution < 1.29 is 9.90 Å². The minimum Gasteiger partial charge on any atom is -0.480 e. The summed E-state index contributed by atoms with van der Waals surface area (Å²) < 4.78 is 0. The molecule has 0 aromatic heterocycles. The second kappa shape index (κ2) is 3.51. The lowest BCUT2D eigenvalue weighted by molar-refractivity contribution is -0.142. The fraction of sp³-hybridized carbons (Fsp3) is 0.900. The molecule has 0 spiro atoms. The van der Waals surface area contributed by atoms with Gasteiger partial charge in [-0.05, 0) is 39.4 Å². The van der Waals surface area contributed by atoms with Crippen molar-refractivity contribution in [2.75, 3.05) is 27.2 Å². The fourth-order valence-electron chi connectivity index (χ4n) is 2.93. The minimum atomic E-state index is -0.662. The molecule has 2 saturated heterocycles. The van der Waals surface area contributed by atoms with Gasteiger partial charge in [0.2, 0.25) is 0 Å². The summed E-state index contributed by atoms with van der Waals surface area (Å²) in [7, 11) is 4.07. The van der Waals surface area contributed by atoms with Gasteiger partial charge in [0, 0.05) is 12.6 Å². The van der Waals surface area contributed by atoms with Crippen LogP contribution in [0.1, 0.15) is 12.8 Å². The Labute approximate surface area is 84.5 Å². The number of carbonyl (C=O) groups is 1. The molecule has 2 aliphatic rings. The summed E-state index contributed by atoms with van der Waals surface area (Å²) in [6.45, 7) is 2.15. The van der Waals surface area contributed by atoms with E-state index >= 15 is 0 Å². The summed E-state index contributed by atoms with van der Waals surface area (Å²) in [4.78, 5) is 15.3. The van der Waals surface area contributed by atoms with Crippen molar-refractivity contribution in [2.45, 2.75) is 24.9 Å². The Morgan fingerprint density at radius 3 is 2.79 bits per heavy atom. The van der Waals surface area contributed by atoms with Crippen LogP contribution in [0.25, 0.3) is 0 Å². The normalized spacial score (nSPS) is 39.7. The maximum Gasteiger partial charge on any atom is 0.320 e. The van der Waals surface area contributed by atoms with E-state index < -0.39 is 5.97 Å². The van der Waals surface area contributed by atoms with E-state index in [4.69, 9.17) is 5.11 Å². The van der Waals surface area contributed by atoms with Gasteiger partial charge in [-0.2, -0.15) is 0 Å². The first-order chi connectivity index (χ1) is 6.59. The Morgan fingerprint density at radius 1 is 1.43 bits per heavy atom. The Morgan fingerprint density at radius 2 is 2.14 bits per heavy atom. The molecule has 0 radical (unpaired) electrons. The van der Waals surface area contributed by atoms with E-state index in [9.17, 15) is 4.79 Å². The number of piperidine rings is 1. The zero-order valence-electron chi connectivity index (χ0n) is 8.81. The van der Waals surface area contributed by atoms with E-state index in [2.05, 4.69) is 16.8 Å². The van der Waals surface area contributed by atoms with E-state index in [-0.39, 0.29) is 6.04 Å². The van der Waals surface area contributed by atoms with Crippen LogP contribution in [0.15, 0.2) is 0 Å². The molecule has 2 rings (SSSR count). The average Bonchev–Trinajstić information content (AvgIpc) is 2.43. The molecule has 80 valence electrons. The Kier molecular flexibility index (Phi) is 2.49. The zero-order valence-corrected chi connectivity index (χ0v) is 8.81. The SMILES string of the molecule is CN1CCC2C(CC(C(=O)O)N2C)C1. The Hall–Kier alpha value is -0.610. The number of hydrogen-bond donors (Lipinski definition) is 1. The highest BCUT2D eigenvalue weighted by Gasteiger charge is 2.44. The maximum absolute atomic E-state index is 11.0. The predicted octanol–water partition coefficient (Wildman–Crippen LogP) is 0.0954. The summed E-state index contributed by atoms with van der Waals surface area (Å²) in [5.74, 6) is -0.107. The molecule has 2 fully saturated rings. The highest BCUT2D eigenvalue weighted by Crippen LogP contribution is 2.33. The number of nitrogens with zero attached hydrogens (tertiary/aromatic N) is 2. The molecule has 2 heterocycles. The van der Waals surface area contributed by atoms with Gasteiger partial charge in [-0.15, -0.1) is 0 Å². The maximum atomic E-state index is 11.0. The highest BCUT2D eigenvalue weighted by molar-refractivity contribution is 5.74. The van der Waals surface area contributed by atoms with Crippen molar-refractivity contribution in [3.8, 4) is 0 Å². The van der Waals surface area contributed by atoms with Gasteiger partial charge in [0.15, 0.2) is 0 Å². The van der Waals surface area contributed by atoms with Gasteiger partial charge in [0.25, 0.3) is 0 Å². The Bertz CT molecular complexity index is 244. The van der Waals surface area contributed by atoms with Gasteiger partial charge >= 0.3 is 5.97 Å². The molecule has 0 bridgehead atoms. The molecule has 0 amide bonds. The number of hydrogen-bond acceptors (Lipinski definition) is 3. The number of fused-ring (bicyclic) bond motifs is 1. The third-order valence-corrected chi connectivity index (χ3v) is 3.72. The van der Waals surface area contributed by atoms with Crippen molar-refractivity contribution >= 4 is 5.97 Å². The molecule has 0 saturated carbocycles. The molecule has 4 nitrogen and oxygen atoms in total. The van der Waals surface area contributed by atoms with Gasteiger partial charge < -0.3 is 10.0 Å². The van der Waals surface area contributed by atoms with Gasteiger partial charge in [-0.3, -0.25) is 9.69 Å². The molecular weight excluding hydrogens is 180 g/mol. The molecule has 4 heteroatoms. The first kappa shape index (κ1) is 9.93. The fourth-order valence-corrected chi connectivity index (χ4v) is 2.93. The summed E-state index contributed by atoms with van der Waals surface area (Å²) in [5.41, 5.74) is 0. The smallest absolute Gasteiger partial charge is 0.320 e. The van der Waals surface area contributed by atoms with Crippen molar-refractivity contribution in [3.05, 3.63) is 0 Å². The molecular formula is C10H18N2O2. The summed E-state index contributed by atoms with van der Waals surface area (Å²) in [5, 5.41) is 9.04. The number of rotatable bonds is 1. The standard InChI is InChI=1S/C10H18N2O2/c1-11-4-3-8-7(6-11)5-9(10(13)14)12(8)2/h7-9H,3-6H2,1-2H3,(H,13,14). The van der Waals surface area contributed by atoms with Crippen LogP contribution in [-0.4, -0.2) is 60.1 Å². The molecule has 0 aromatic carbocycles. The van der Waals surface area contributed by atoms with Crippen LogP contribution in [-0.2, 0) is 4.79 Å². The van der Waals surface area contributed by atoms with Crippen LogP contribution in [0.2, 0.25) is 0 Å². The summed E-state index contributed by atoms with van der Waals surface area (Å²) in [6.07, 6.45) is 1.93. The van der Waals surface area contributed by atoms with Crippen molar-refractivity contribution in [3.63, 3.8) is 0 Å². The largest absolute Gasteiger partial charge is 0.480 e. The van der Waals surface area contributed by atoms with Crippen LogP contribution in [0.4, 0.5) is 0 Å². The first-order valence-corrected chi connectivity index (χ1v) is 5.23. The lowest BCUT2D eigenvalue weighted by Crippen LogP contribution is -2.44. The van der Waals surface area contributed by atoms with Crippen molar-refractivity contribution in [1.82, 2.24) is 9.80 Å². The average molecular weight is 198 g/mol. The second-order valence-electron chi connectivity index (χ2n) is 4.63. The number of carboxylic acids is 1. The number of aliphatic carboxylic acids is 1. The van der Waals surface area contributed by atoms with Crippen molar-refractivity contribution in [1.29, 1.82) is 0 Å². The van der Waals surface area contributed by atoms with Crippen LogP contribution in [0.5, 0.6) is 0 Å². The first-order valence-electron chi connectivity index (χ1n) is 5.23. The number of likely N-dealkylation sites (tertiary alicyclic amines) is 2. The molecule has 3 atom stereocenters. The summed E-state index contributed by atoms with van der Waals surface area (Å²) >= 11 is 0. The van der Waals surface area contributed by atoms with E-state index in [1.54, 1.807) is 0 Å². The van der Waals surface area contributed by atoms with Gasteiger partial charge in [0.05, 0.1) is 0 Å². The second-order valence-corrected chi connectivity index (χ2v) is 4.63. The zero-order chi connectivity index (χ0) is 10.3. The number of likely N-dealkylation sites (N-methyl/N-ethyl adjacent to an activating group) is 1. The number of carboxylic acid groups (broad SMARTS) is 1. The van der Waals surface area contributed by atoms with Gasteiger partial charge in [0.1, 0.15) is 6.04 Å². The van der Waals surface area contributed by atoms with Gasteiger partial charge in [-0.25, -0.2) is 0 Å². The molecule has 3 unspecified atom stereocenters. The van der Waals surface area contributed by atoms with Crippen LogP contribution in [0, 0.1) is 5.92 Å². The van der Waals surface area contributed by atoms with Crippen LogP contribution in [0.3, 0.4) is 0 Å². The topological polar surface area (TPSA) is 43.8 Å². The van der Waals surface area contributed by atoms with Crippen LogP contribution < -0.4 is 0 Å². The minimum absolute atomic E-state index is 0.253. The molecule has 14 heavy (non-hydrogen) atoms. The van der Waals surface area contributed by atoms with Gasteiger partial charge in [-0.1, -0.05) is 0 Å². The monoisotopic (exact) mass is 198 g/mol. The third-order valence-electron chi connectivity index (χ3n) is 3.72. The third kappa shape index (κ3) is 1.53. The van der Waals surface area contributed by atoms with Crippen LogP contribution >= 0.6 is 0 Å². The highest BCUT2D eigenvalue weighted by atomic mass is 16.4. The van der Waals surface area contributed by atoms with Crippen molar-refractivity contribution in [2.24, 2.45) is 5.92 Å². The van der Waals surface area contributed by atoms with E-state index in [1.807, 2.05) is 7.05 Å². The quantitative estimate of drug-likeness (QED) is 0.649. The van der Waals surface area contributed by atoms with E-state index in [1.165, 1.54) is 0 Å². The lowest BCUT2D eigenvalue weighted by Gasteiger charge is -2.35. The molecule has 2 aliphatic heterocycles. The molecule has 1 N–H and O–H groups in total. The van der Waals surface area contributed by atoms with E-state index in [0.717, 1.165) is 25.9 Å². The van der Waals surface area contributed by atoms with E-state index in [0.29, 0.717) is 12.0 Å². The molecule has 0 aliphatic carbocycles.